The zero-order chi connectivity index (χ0) is 72.4. The SMILES string of the molecule is CCC(C)CCCCCCCCC(=O)OC[C@H](COP(=O)(O)OC[C@H](O)COP(=O)(O)OC[C@@H](COC(=O)CCCCCCCCCCCCCC(C)C)OC(=O)CCCCCCCCCCCCCCCCCCC(C)C)OC(=O)CCCCCCCCCCCCCCC(C)C. The third kappa shape index (κ3) is 71.1. The molecule has 0 amide bonds. The number of aliphatic hydroxyl groups is 1. The van der Waals surface area contributed by atoms with Gasteiger partial charge in [0.1, 0.15) is 19.3 Å². The maximum absolute atomic E-state index is 13.1. The van der Waals surface area contributed by atoms with Gasteiger partial charge >= 0.3 is 39.5 Å². The Labute approximate surface area is 600 Å². The number of carbonyl (C=O) groups is 4. The van der Waals surface area contributed by atoms with Gasteiger partial charge in [-0.2, -0.15) is 0 Å². The van der Waals surface area contributed by atoms with E-state index >= 15 is 0 Å². The molecule has 0 bridgehead atoms. The number of rotatable bonds is 76. The number of unbranched alkanes of at least 4 members (excludes halogenated alkanes) is 41. The van der Waals surface area contributed by atoms with Gasteiger partial charge in [-0.15, -0.1) is 0 Å². The molecule has 6 atom stereocenters. The summed E-state index contributed by atoms with van der Waals surface area (Å²) in [7, 11) is -9.92. The minimum atomic E-state index is -4.96. The minimum Gasteiger partial charge on any atom is -0.462 e. The molecule has 0 radical (unpaired) electrons. The van der Waals surface area contributed by atoms with Gasteiger partial charge in [0.05, 0.1) is 26.4 Å². The van der Waals surface area contributed by atoms with Gasteiger partial charge in [-0.25, -0.2) is 9.13 Å². The average Bonchev–Trinajstić information content (AvgIpc) is 1.94. The maximum Gasteiger partial charge on any atom is 0.472 e. The smallest absolute Gasteiger partial charge is 0.462 e. The highest BCUT2D eigenvalue weighted by Crippen LogP contribution is 2.45. The molecule has 0 spiro atoms. The lowest BCUT2D eigenvalue weighted by Crippen LogP contribution is -2.30. The maximum atomic E-state index is 13.1. The van der Waals surface area contributed by atoms with Crippen LogP contribution in [0.5, 0.6) is 0 Å². The zero-order valence-electron chi connectivity index (χ0n) is 64.4. The van der Waals surface area contributed by atoms with Crippen molar-refractivity contribution in [2.24, 2.45) is 23.7 Å². The third-order valence-electron chi connectivity index (χ3n) is 18.7. The van der Waals surface area contributed by atoms with E-state index < -0.39 is 97.5 Å². The molecule has 0 aromatic carbocycles. The Balaban J connectivity index is 5.25. The van der Waals surface area contributed by atoms with E-state index in [0.717, 1.165) is 120 Å². The van der Waals surface area contributed by atoms with Crippen LogP contribution in [0.25, 0.3) is 0 Å². The van der Waals surface area contributed by atoms with Crippen molar-refractivity contribution in [2.75, 3.05) is 39.6 Å². The fourth-order valence-electron chi connectivity index (χ4n) is 12.0. The van der Waals surface area contributed by atoms with E-state index in [9.17, 15) is 43.2 Å². The molecule has 0 aromatic rings. The highest BCUT2D eigenvalue weighted by Gasteiger charge is 2.30. The summed E-state index contributed by atoms with van der Waals surface area (Å²) in [4.78, 5) is 72.9. The molecule has 0 saturated carbocycles. The summed E-state index contributed by atoms with van der Waals surface area (Å²) < 4.78 is 68.6. The Bertz CT molecular complexity index is 1920. The van der Waals surface area contributed by atoms with Crippen LogP contribution in [0.3, 0.4) is 0 Å². The number of phosphoric acid groups is 2. The van der Waals surface area contributed by atoms with Crippen LogP contribution in [-0.4, -0.2) is 96.7 Å². The molecule has 3 N–H and O–H groups in total. The second-order valence-corrected chi connectivity index (χ2v) is 33.0. The van der Waals surface area contributed by atoms with Gasteiger partial charge in [-0.05, 0) is 49.4 Å². The van der Waals surface area contributed by atoms with Crippen molar-refractivity contribution in [1.29, 1.82) is 0 Å². The third-order valence-corrected chi connectivity index (χ3v) is 20.6. The first-order chi connectivity index (χ1) is 47.1. The highest BCUT2D eigenvalue weighted by atomic mass is 31.2. The normalized spacial score (nSPS) is 14.3. The summed E-state index contributed by atoms with van der Waals surface area (Å²) in [6.45, 7) is 14.2. The van der Waals surface area contributed by atoms with Gasteiger partial charge in [0.2, 0.25) is 0 Å². The minimum absolute atomic E-state index is 0.106. The molecule has 19 heteroatoms. The molecular weight excluding hydrogens is 1280 g/mol. The highest BCUT2D eigenvalue weighted by molar-refractivity contribution is 7.47. The Morgan fingerprint density at radius 1 is 0.286 bits per heavy atom. The number of aliphatic hydroxyl groups excluding tert-OH is 1. The molecule has 0 aromatic heterocycles. The van der Waals surface area contributed by atoms with Crippen molar-refractivity contribution < 1.29 is 80.2 Å². The lowest BCUT2D eigenvalue weighted by atomic mass is 10.00. The second kappa shape index (κ2) is 68.2. The van der Waals surface area contributed by atoms with E-state index in [0.29, 0.717) is 25.7 Å². The van der Waals surface area contributed by atoms with Gasteiger partial charge in [0, 0.05) is 25.7 Å². The van der Waals surface area contributed by atoms with Crippen LogP contribution in [0.15, 0.2) is 0 Å². The van der Waals surface area contributed by atoms with Gasteiger partial charge in [0.25, 0.3) is 0 Å². The molecular formula is C79H154O17P2. The van der Waals surface area contributed by atoms with Gasteiger partial charge in [-0.3, -0.25) is 37.3 Å². The van der Waals surface area contributed by atoms with Crippen molar-refractivity contribution in [3.63, 3.8) is 0 Å². The zero-order valence-corrected chi connectivity index (χ0v) is 66.2. The van der Waals surface area contributed by atoms with E-state index in [4.69, 9.17) is 37.0 Å². The van der Waals surface area contributed by atoms with E-state index in [2.05, 4.69) is 55.4 Å². The fourth-order valence-corrected chi connectivity index (χ4v) is 13.6. The van der Waals surface area contributed by atoms with Crippen LogP contribution in [-0.2, 0) is 65.4 Å². The lowest BCUT2D eigenvalue weighted by Gasteiger charge is -2.21. The van der Waals surface area contributed by atoms with E-state index in [-0.39, 0.29) is 25.7 Å². The summed E-state index contributed by atoms with van der Waals surface area (Å²) >= 11 is 0. The van der Waals surface area contributed by atoms with Crippen LogP contribution in [0, 0.1) is 23.7 Å². The molecule has 0 fully saturated rings. The molecule has 0 aliphatic carbocycles. The summed E-state index contributed by atoms with van der Waals surface area (Å²) in [5.41, 5.74) is 0. The van der Waals surface area contributed by atoms with Gasteiger partial charge in [0.15, 0.2) is 12.2 Å². The predicted octanol–water partition coefficient (Wildman–Crippen LogP) is 23.2. The van der Waals surface area contributed by atoms with Crippen LogP contribution >= 0.6 is 15.6 Å². The number of esters is 4. The van der Waals surface area contributed by atoms with Crippen molar-refractivity contribution in [3.05, 3.63) is 0 Å². The average molecular weight is 1440 g/mol. The predicted molar refractivity (Wildman–Crippen MR) is 400 cm³/mol. The number of ether oxygens (including phenoxy) is 4. The van der Waals surface area contributed by atoms with Crippen LogP contribution in [0.1, 0.15) is 402 Å². The van der Waals surface area contributed by atoms with E-state index in [1.807, 2.05) is 0 Å². The van der Waals surface area contributed by atoms with Crippen molar-refractivity contribution in [2.45, 2.75) is 420 Å². The standard InChI is InChI=1S/C79H154O17P2/c1-9-72(8)58-50-42-37-38-44-52-60-77(82)90-66-75(96-79(84)62-54-46-36-30-23-17-16-20-26-32-40-48-56-70(4)5)68-94-98(87,88)92-64-73(80)63-91-97(85,86)93-67-74(65-89-76(81)59-51-43-34-28-24-18-21-27-33-41-49-57-71(6)7)95-78(83)61-53-45-35-29-22-15-13-11-10-12-14-19-25-31-39-47-55-69(2)3/h69-75,80H,9-68H2,1-8H3,(H,85,86)(H,87,88)/t72?,73-,74-,75-/m1/s1. The topological polar surface area (TPSA) is 237 Å². The monoisotopic (exact) mass is 1440 g/mol. The summed E-state index contributed by atoms with van der Waals surface area (Å²) in [6, 6.07) is 0. The molecule has 3 unspecified atom stereocenters. The van der Waals surface area contributed by atoms with Crippen LogP contribution in [0.4, 0.5) is 0 Å². The van der Waals surface area contributed by atoms with Crippen molar-refractivity contribution >= 4 is 39.5 Å². The van der Waals surface area contributed by atoms with E-state index in [1.54, 1.807) is 0 Å². The Hall–Kier alpha value is -1.94. The molecule has 0 aliphatic heterocycles. The van der Waals surface area contributed by atoms with E-state index in [1.165, 1.54) is 199 Å². The number of carbonyl (C=O) groups excluding carboxylic acids is 4. The molecule has 582 valence electrons. The van der Waals surface area contributed by atoms with Gasteiger partial charge in [-0.1, -0.05) is 351 Å². The van der Waals surface area contributed by atoms with Crippen LogP contribution < -0.4 is 0 Å². The summed E-state index contributed by atoms with van der Waals surface area (Å²) in [6.07, 6.45) is 54.1. The molecule has 17 nitrogen and oxygen atoms in total. The summed E-state index contributed by atoms with van der Waals surface area (Å²) in [5.74, 6) is 0.971. The Kier molecular flexibility index (Phi) is 66.8. The number of hydrogen-bond acceptors (Lipinski definition) is 15. The Morgan fingerprint density at radius 3 is 0.724 bits per heavy atom. The van der Waals surface area contributed by atoms with Gasteiger partial charge < -0.3 is 33.8 Å². The lowest BCUT2D eigenvalue weighted by molar-refractivity contribution is -0.161. The van der Waals surface area contributed by atoms with Crippen molar-refractivity contribution in [3.8, 4) is 0 Å². The largest absolute Gasteiger partial charge is 0.472 e. The number of phosphoric ester groups is 2. The molecule has 0 rings (SSSR count). The van der Waals surface area contributed by atoms with Crippen LogP contribution in [0.2, 0.25) is 0 Å². The molecule has 0 aliphatic rings. The fraction of sp³-hybridized carbons (Fsp3) is 0.949. The second-order valence-electron chi connectivity index (χ2n) is 30.1. The quantitative estimate of drug-likeness (QED) is 0.0222. The molecule has 0 heterocycles. The number of hydrogen-bond donors (Lipinski definition) is 3. The first kappa shape index (κ1) is 96.1. The first-order valence-electron chi connectivity index (χ1n) is 40.7. The molecule has 0 saturated heterocycles. The Morgan fingerprint density at radius 2 is 0.490 bits per heavy atom. The summed E-state index contributed by atoms with van der Waals surface area (Å²) in [5, 5.41) is 10.6. The first-order valence-corrected chi connectivity index (χ1v) is 43.7. The molecule has 98 heavy (non-hydrogen) atoms. The van der Waals surface area contributed by atoms with Crippen molar-refractivity contribution in [1.82, 2.24) is 0 Å².